The summed E-state index contributed by atoms with van der Waals surface area (Å²) in [4.78, 5) is 9.67. The molecular weight excluding hydrogens is 140 g/mol. The molecule has 0 aromatic carbocycles. The molecule has 0 saturated carbocycles. The highest BCUT2D eigenvalue weighted by molar-refractivity contribution is 5.34. The number of hydrogen-bond acceptors (Lipinski definition) is 4. The number of anilines is 1. The number of nitrogens with zero attached hydrogens (tertiary/aromatic N) is 4. The number of aromatic nitrogens is 2. The van der Waals surface area contributed by atoms with Crippen molar-refractivity contribution in [2.24, 2.45) is 0 Å². The van der Waals surface area contributed by atoms with Crippen molar-refractivity contribution in [3.63, 3.8) is 0 Å². The Balaban J connectivity index is 2.94. The summed E-state index contributed by atoms with van der Waals surface area (Å²) in [6.07, 6.45) is 3.02. The van der Waals surface area contributed by atoms with Gasteiger partial charge in [-0.2, -0.15) is 5.26 Å². The minimum absolute atomic E-state index is 0.343. The zero-order chi connectivity index (χ0) is 8.27. The average Bonchev–Trinajstić information content (AvgIpc) is 2.05. The molecule has 1 aromatic heterocycles. The summed E-state index contributed by atoms with van der Waals surface area (Å²) in [5.41, 5.74) is 0.343. The first kappa shape index (κ1) is 7.48. The van der Waals surface area contributed by atoms with Crippen molar-refractivity contribution < 1.29 is 0 Å². The molecule has 0 spiro atoms. The third-order valence-electron chi connectivity index (χ3n) is 1.21. The first-order valence-corrected chi connectivity index (χ1v) is 3.13. The van der Waals surface area contributed by atoms with E-state index in [1.165, 1.54) is 6.20 Å². The molecular formula is C7H8N4. The normalized spacial score (nSPS) is 8.82. The maximum absolute atomic E-state index is 8.40. The second kappa shape index (κ2) is 2.97. The molecule has 0 bridgehead atoms. The van der Waals surface area contributed by atoms with Gasteiger partial charge in [0.15, 0.2) is 5.69 Å². The van der Waals surface area contributed by atoms with Gasteiger partial charge >= 0.3 is 0 Å². The molecule has 0 fully saturated rings. The van der Waals surface area contributed by atoms with Crippen molar-refractivity contribution in [1.82, 2.24) is 9.97 Å². The van der Waals surface area contributed by atoms with Gasteiger partial charge in [-0.25, -0.2) is 9.97 Å². The fourth-order valence-electron chi connectivity index (χ4n) is 0.610. The molecule has 4 nitrogen and oxygen atoms in total. The van der Waals surface area contributed by atoms with E-state index in [9.17, 15) is 0 Å². The summed E-state index contributed by atoms with van der Waals surface area (Å²) in [7, 11) is 3.74. The van der Waals surface area contributed by atoms with Crippen molar-refractivity contribution >= 4 is 5.82 Å². The van der Waals surface area contributed by atoms with Crippen LogP contribution in [0.1, 0.15) is 5.69 Å². The molecule has 0 amide bonds. The van der Waals surface area contributed by atoms with Gasteiger partial charge in [-0.3, -0.25) is 0 Å². The van der Waals surface area contributed by atoms with Gasteiger partial charge in [-0.05, 0) is 0 Å². The Hall–Kier alpha value is -1.63. The lowest BCUT2D eigenvalue weighted by Gasteiger charge is -2.08. The molecule has 11 heavy (non-hydrogen) atoms. The van der Waals surface area contributed by atoms with Crippen LogP contribution in [-0.4, -0.2) is 24.1 Å². The van der Waals surface area contributed by atoms with E-state index in [0.717, 1.165) is 5.82 Å². The van der Waals surface area contributed by atoms with Crippen LogP contribution in [0.15, 0.2) is 12.4 Å². The Morgan fingerprint density at radius 1 is 1.36 bits per heavy atom. The topological polar surface area (TPSA) is 52.8 Å². The van der Waals surface area contributed by atoms with Crippen LogP contribution in [-0.2, 0) is 0 Å². The summed E-state index contributed by atoms with van der Waals surface area (Å²) in [6, 6.07) is 1.90. The standard InChI is InChI=1S/C7H8N4/c1-11(2)7-5-9-6(3-8)4-10-7/h4-5H,1-2H3. The van der Waals surface area contributed by atoms with Crippen molar-refractivity contribution in [3.05, 3.63) is 18.1 Å². The Labute approximate surface area is 65.1 Å². The van der Waals surface area contributed by atoms with Crippen molar-refractivity contribution in [2.75, 3.05) is 19.0 Å². The molecule has 1 heterocycles. The molecule has 56 valence electrons. The summed E-state index contributed by atoms with van der Waals surface area (Å²) < 4.78 is 0. The monoisotopic (exact) mass is 148 g/mol. The van der Waals surface area contributed by atoms with E-state index >= 15 is 0 Å². The Kier molecular flexibility index (Phi) is 2.02. The zero-order valence-corrected chi connectivity index (χ0v) is 6.44. The fourth-order valence-corrected chi connectivity index (χ4v) is 0.610. The fraction of sp³-hybridized carbons (Fsp3) is 0.286. The van der Waals surface area contributed by atoms with Crippen LogP contribution < -0.4 is 4.90 Å². The van der Waals surface area contributed by atoms with E-state index in [0.29, 0.717) is 5.69 Å². The summed E-state index contributed by atoms with van der Waals surface area (Å²) in [6.45, 7) is 0. The van der Waals surface area contributed by atoms with Crippen LogP contribution in [0.25, 0.3) is 0 Å². The number of rotatable bonds is 1. The molecule has 0 aliphatic heterocycles. The molecule has 4 heteroatoms. The maximum atomic E-state index is 8.40. The summed E-state index contributed by atoms with van der Waals surface area (Å²) in [5, 5.41) is 8.40. The van der Waals surface area contributed by atoms with Gasteiger partial charge in [0.1, 0.15) is 11.9 Å². The second-order valence-corrected chi connectivity index (χ2v) is 2.27. The van der Waals surface area contributed by atoms with E-state index in [1.54, 1.807) is 6.20 Å². The van der Waals surface area contributed by atoms with Crippen LogP contribution in [0.3, 0.4) is 0 Å². The SMILES string of the molecule is CN(C)c1cnc(C#N)cn1. The highest BCUT2D eigenvalue weighted by Gasteiger charge is 1.96. The van der Waals surface area contributed by atoms with E-state index in [1.807, 2.05) is 25.1 Å². The third kappa shape index (κ3) is 1.64. The maximum Gasteiger partial charge on any atom is 0.158 e. The highest BCUT2D eigenvalue weighted by atomic mass is 15.1. The minimum Gasteiger partial charge on any atom is -0.361 e. The summed E-state index contributed by atoms with van der Waals surface area (Å²) in [5.74, 6) is 0.754. The largest absolute Gasteiger partial charge is 0.361 e. The zero-order valence-electron chi connectivity index (χ0n) is 6.44. The van der Waals surface area contributed by atoms with Gasteiger partial charge in [0, 0.05) is 14.1 Å². The molecule has 0 radical (unpaired) electrons. The highest BCUT2D eigenvalue weighted by Crippen LogP contribution is 2.02. The van der Waals surface area contributed by atoms with E-state index in [2.05, 4.69) is 9.97 Å². The lowest BCUT2D eigenvalue weighted by atomic mass is 10.5. The van der Waals surface area contributed by atoms with Crippen molar-refractivity contribution in [1.29, 1.82) is 5.26 Å². The van der Waals surface area contributed by atoms with Gasteiger partial charge in [-0.15, -0.1) is 0 Å². The van der Waals surface area contributed by atoms with Crippen LogP contribution in [0, 0.1) is 11.3 Å². The van der Waals surface area contributed by atoms with Gasteiger partial charge < -0.3 is 4.90 Å². The quantitative estimate of drug-likeness (QED) is 0.579. The van der Waals surface area contributed by atoms with Gasteiger partial charge in [0.05, 0.1) is 12.4 Å². The van der Waals surface area contributed by atoms with Gasteiger partial charge in [0.25, 0.3) is 0 Å². The first-order valence-electron chi connectivity index (χ1n) is 3.13. The minimum atomic E-state index is 0.343. The van der Waals surface area contributed by atoms with Crippen molar-refractivity contribution in [2.45, 2.75) is 0 Å². The number of nitriles is 1. The predicted octanol–water partition coefficient (Wildman–Crippen LogP) is 0.414. The smallest absolute Gasteiger partial charge is 0.158 e. The van der Waals surface area contributed by atoms with Crippen LogP contribution in [0.5, 0.6) is 0 Å². The lowest BCUT2D eigenvalue weighted by molar-refractivity contribution is 1.03. The van der Waals surface area contributed by atoms with E-state index < -0.39 is 0 Å². The van der Waals surface area contributed by atoms with Crippen LogP contribution in [0.4, 0.5) is 5.82 Å². The van der Waals surface area contributed by atoms with E-state index in [4.69, 9.17) is 5.26 Å². The molecule has 0 N–H and O–H groups in total. The lowest BCUT2D eigenvalue weighted by Crippen LogP contribution is -2.10. The molecule has 1 rings (SSSR count). The van der Waals surface area contributed by atoms with Gasteiger partial charge in [0.2, 0.25) is 0 Å². The Bertz CT molecular complexity index is 269. The molecule has 0 aliphatic rings. The molecule has 0 atom stereocenters. The average molecular weight is 148 g/mol. The van der Waals surface area contributed by atoms with Crippen LogP contribution >= 0.6 is 0 Å². The number of hydrogen-bond donors (Lipinski definition) is 0. The predicted molar refractivity (Wildman–Crippen MR) is 41.1 cm³/mol. The molecule has 0 saturated heterocycles. The second-order valence-electron chi connectivity index (χ2n) is 2.27. The van der Waals surface area contributed by atoms with Gasteiger partial charge in [-0.1, -0.05) is 0 Å². The molecule has 1 aromatic rings. The van der Waals surface area contributed by atoms with E-state index in [-0.39, 0.29) is 0 Å². The molecule has 0 unspecified atom stereocenters. The summed E-state index contributed by atoms with van der Waals surface area (Å²) >= 11 is 0. The van der Waals surface area contributed by atoms with Crippen molar-refractivity contribution in [3.8, 4) is 6.07 Å². The third-order valence-corrected chi connectivity index (χ3v) is 1.21. The Morgan fingerprint density at radius 2 is 2.09 bits per heavy atom. The van der Waals surface area contributed by atoms with Crippen LogP contribution in [0.2, 0.25) is 0 Å². The first-order chi connectivity index (χ1) is 5.24. The Morgan fingerprint density at radius 3 is 2.45 bits per heavy atom. The molecule has 0 aliphatic carbocycles.